The average Bonchev–Trinajstić information content (AvgIpc) is 3.70. The molecule has 2 amide bonds. The van der Waals surface area contributed by atoms with Gasteiger partial charge >= 0.3 is 0 Å². The molecule has 0 N–H and O–H groups in total. The van der Waals surface area contributed by atoms with Gasteiger partial charge in [-0.15, -0.1) is 0 Å². The van der Waals surface area contributed by atoms with Gasteiger partial charge in [0.2, 0.25) is 11.8 Å². The maximum Gasteiger partial charge on any atom is 0.223 e. The maximum absolute atomic E-state index is 12.5. The Morgan fingerprint density at radius 3 is 1.13 bits per heavy atom. The number of carboxylic acid groups (broad SMARTS) is 2. The van der Waals surface area contributed by atoms with Gasteiger partial charge in [-0.1, -0.05) is 86.3 Å². The monoisotopic (exact) mass is 628 g/mol. The van der Waals surface area contributed by atoms with Gasteiger partial charge in [0.05, 0.1) is 0 Å². The Morgan fingerprint density at radius 1 is 0.543 bits per heavy atom. The highest BCUT2D eigenvalue weighted by molar-refractivity contribution is 5.82. The van der Waals surface area contributed by atoms with Gasteiger partial charge in [-0.05, 0) is 73.3 Å². The van der Waals surface area contributed by atoms with Crippen molar-refractivity contribution in [2.75, 3.05) is 26.2 Å². The SMILES string of the molecule is O=C([O-])C(CC(=O)N1CC2CCCCC2C1)Cc1ccccc1.O=C([O-])C(CC(=O)N1CC2CCCCC2C1)Cc1ccccc1. The molecule has 248 valence electrons. The standard InChI is InChI=1S/2C19H25NO3/c2*21-18(20-12-15-8-4-5-9-16(15)13-20)11-17(19(22)23)10-14-6-2-1-3-7-14/h2*1-3,6-7,15-17H,4-5,8-13H2,(H,22,23)/p-2. The number of fused-ring (bicyclic) bond motifs is 2. The molecule has 6 unspecified atom stereocenters. The molecule has 2 aromatic rings. The topological polar surface area (TPSA) is 121 Å². The van der Waals surface area contributed by atoms with E-state index in [0.29, 0.717) is 36.5 Å². The van der Waals surface area contributed by atoms with Crippen molar-refractivity contribution in [1.82, 2.24) is 9.80 Å². The number of likely N-dealkylation sites (tertiary alicyclic amines) is 2. The second-order valence-corrected chi connectivity index (χ2v) is 14.0. The Morgan fingerprint density at radius 2 is 0.848 bits per heavy atom. The average molecular weight is 629 g/mol. The Hall–Kier alpha value is -3.68. The van der Waals surface area contributed by atoms with Crippen molar-refractivity contribution in [2.45, 2.75) is 77.0 Å². The molecular formula is C38H48N2O6-2. The highest BCUT2D eigenvalue weighted by Gasteiger charge is 2.38. The van der Waals surface area contributed by atoms with Crippen molar-refractivity contribution in [3.8, 4) is 0 Å². The second-order valence-electron chi connectivity index (χ2n) is 14.0. The number of hydrogen-bond acceptors (Lipinski definition) is 6. The van der Waals surface area contributed by atoms with E-state index in [1.54, 1.807) is 0 Å². The molecule has 6 atom stereocenters. The molecule has 6 rings (SSSR count). The zero-order chi connectivity index (χ0) is 32.5. The predicted molar refractivity (Wildman–Crippen MR) is 171 cm³/mol. The van der Waals surface area contributed by atoms with Crippen LogP contribution >= 0.6 is 0 Å². The molecule has 2 aliphatic carbocycles. The van der Waals surface area contributed by atoms with Gasteiger partial charge in [-0.3, -0.25) is 9.59 Å². The summed E-state index contributed by atoms with van der Waals surface area (Å²) < 4.78 is 0. The van der Waals surface area contributed by atoms with Crippen molar-refractivity contribution in [3.05, 3.63) is 71.8 Å². The van der Waals surface area contributed by atoms with Crippen LogP contribution < -0.4 is 10.2 Å². The van der Waals surface area contributed by atoms with Crippen LogP contribution in [0.3, 0.4) is 0 Å². The van der Waals surface area contributed by atoms with Crippen LogP contribution in [0.2, 0.25) is 0 Å². The van der Waals surface area contributed by atoms with Crippen LogP contribution in [0.15, 0.2) is 60.7 Å². The van der Waals surface area contributed by atoms with Gasteiger partial charge in [0.15, 0.2) is 0 Å². The summed E-state index contributed by atoms with van der Waals surface area (Å²) in [4.78, 5) is 51.7. The molecular weight excluding hydrogens is 580 g/mol. The number of aliphatic carboxylic acids is 2. The first kappa shape index (κ1) is 33.7. The molecule has 2 aromatic carbocycles. The molecule has 2 aliphatic heterocycles. The number of carbonyl (C=O) groups excluding carboxylic acids is 4. The zero-order valence-electron chi connectivity index (χ0n) is 26.9. The molecule has 0 radical (unpaired) electrons. The first-order chi connectivity index (χ1) is 22.3. The molecule has 8 nitrogen and oxygen atoms in total. The van der Waals surface area contributed by atoms with E-state index in [9.17, 15) is 29.4 Å². The summed E-state index contributed by atoms with van der Waals surface area (Å²) in [6.07, 6.45) is 10.7. The quantitative estimate of drug-likeness (QED) is 0.398. The lowest BCUT2D eigenvalue weighted by Gasteiger charge is -2.22. The Balaban J connectivity index is 0.000000181. The third-order valence-electron chi connectivity index (χ3n) is 10.8. The van der Waals surface area contributed by atoms with E-state index in [-0.39, 0.29) is 24.7 Å². The second kappa shape index (κ2) is 16.2. The van der Waals surface area contributed by atoms with Gasteiger partial charge in [0, 0.05) is 62.8 Å². The zero-order valence-corrected chi connectivity index (χ0v) is 26.9. The summed E-state index contributed by atoms with van der Waals surface area (Å²) in [5.74, 6) is -1.27. The number of benzene rings is 2. The van der Waals surface area contributed by atoms with Crippen molar-refractivity contribution in [3.63, 3.8) is 0 Å². The van der Waals surface area contributed by atoms with E-state index in [1.165, 1.54) is 51.4 Å². The molecule has 2 saturated carbocycles. The smallest absolute Gasteiger partial charge is 0.223 e. The van der Waals surface area contributed by atoms with Gasteiger partial charge in [-0.2, -0.15) is 0 Å². The van der Waals surface area contributed by atoms with Gasteiger partial charge in [0.25, 0.3) is 0 Å². The molecule has 2 heterocycles. The van der Waals surface area contributed by atoms with Gasteiger partial charge in [0.1, 0.15) is 0 Å². The fraction of sp³-hybridized carbons (Fsp3) is 0.579. The van der Waals surface area contributed by atoms with Crippen LogP contribution in [0.1, 0.15) is 75.3 Å². The number of amides is 2. The summed E-state index contributed by atoms with van der Waals surface area (Å²) in [7, 11) is 0. The van der Waals surface area contributed by atoms with Crippen molar-refractivity contribution in [2.24, 2.45) is 35.5 Å². The molecule has 0 bridgehead atoms. The first-order valence-corrected chi connectivity index (χ1v) is 17.3. The molecule has 0 spiro atoms. The maximum atomic E-state index is 12.5. The Labute approximate surface area is 273 Å². The van der Waals surface area contributed by atoms with Crippen LogP contribution in [0.5, 0.6) is 0 Å². The molecule has 8 heteroatoms. The summed E-state index contributed by atoms with van der Waals surface area (Å²) in [6.45, 7) is 3.26. The first-order valence-electron chi connectivity index (χ1n) is 17.3. The lowest BCUT2D eigenvalue weighted by atomic mass is 9.82. The minimum absolute atomic E-state index is 0.0236. The van der Waals surface area contributed by atoms with Gasteiger partial charge < -0.3 is 29.6 Å². The van der Waals surface area contributed by atoms with Crippen LogP contribution in [0.4, 0.5) is 0 Å². The van der Waals surface area contributed by atoms with Crippen LogP contribution in [-0.4, -0.2) is 59.7 Å². The number of carboxylic acids is 2. The Bertz CT molecular complexity index is 1190. The van der Waals surface area contributed by atoms with Crippen molar-refractivity contribution >= 4 is 23.8 Å². The van der Waals surface area contributed by atoms with Crippen LogP contribution in [0, 0.1) is 35.5 Å². The molecule has 46 heavy (non-hydrogen) atoms. The number of carbonyl (C=O) groups is 4. The van der Waals surface area contributed by atoms with E-state index in [1.807, 2.05) is 70.5 Å². The molecule has 4 fully saturated rings. The summed E-state index contributed by atoms with van der Waals surface area (Å²) in [6, 6.07) is 18.9. The number of hydrogen-bond donors (Lipinski definition) is 0. The summed E-state index contributed by atoms with van der Waals surface area (Å²) in [5.41, 5.74) is 1.87. The molecule has 4 aliphatic rings. The summed E-state index contributed by atoms with van der Waals surface area (Å²) >= 11 is 0. The minimum atomic E-state index is -1.13. The largest absolute Gasteiger partial charge is 0.550 e. The lowest BCUT2D eigenvalue weighted by molar-refractivity contribution is -0.312. The Kier molecular flexibility index (Phi) is 11.9. The fourth-order valence-corrected chi connectivity index (χ4v) is 8.17. The number of rotatable bonds is 10. The van der Waals surface area contributed by atoms with E-state index < -0.39 is 23.8 Å². The normalized spacial score (nSPS) is 25.0. The summed E-state index contributed by atoms with van der Waals surface area (Å²) in [5, 5.41) is 22.8. The van der Waals surface area contributed by atoms with Crippen LogP contribution in [-0.2, 0) is 32.0 Å². The van der Waals surface area contributed by atoms with E-state index in [2.05, 4.69) is 0 Å². The van der Waals surface area contributed by atoms with Gasteiger partial charge in [-0.25, -0.2) is 0 Å². The van der Waals surface area contributed by atoms with E-state index in [4.69, 9.17) is 0 Å². The van der Waals surface area contributed by atoms with Crippen molar-refractivity contribution in [1.29, 1.82) is 0 Å². The van der Waals surface area contributed by atoms with Crippen LogP contribution in [0.25, 0.3) is 0 Å². The third kappa shape index (κ3) is 9.20. The molecule has 2 saturated heterocycles. The lowest BCUT2D eigenvalue weighted by Crippen LogP contribution is -2.38. The fourth-order valence-electron chi connectivity index (χ4n) is 8.17. The highest BCUT2D eigenvalue weighted by atomic mass is 16.4. The minimum Gasteiger partial charge on any atom is -0.550 e. The predicted octanol–water partition coefficient (Wildman–Crippen LogP) is 3.27. The van der Waals surface area contributed by atoms with Crippen molar-refractivity contribution < 1.29 is 29.4 Å². The third-order valence-corrected chi connectivity index (χ3v) is 10.8. The molecule has 0 aromatic heterocycles. The number of nitrogens with zero attached hydrogens (tertiary/aromatic N) is 2. The highest BCUT2D eigenvalue weighted by Crippen LogP contribution is 2.37. The van der Waals surface area contributed by atoms with E-state index in [0.717, 1.165) is 37.3 Å². The van der Waals surface area contributed by atoms with E-state index >= 15 is 0 Å².